The summed E-state index contributed by atoms with van der Waals surface area (Å²) < 4.78 is 6.83. The summed E-state index contributed by atoms with van der Waals surface area (Å²) in [6.45, 7) is 7.89. The zero-order chi connectivity index (χ0) is 11.3. The summed E-state index contributed by atoms with van der Waals surface area (Å²) in [6, 6.07) is 6.78. The first-order valence-electron chi connectivity index (χ1n) is 5.28. The van der Waals surface area contributed by atoms with Gasteiger partial charge in [-0.1, -0.05) is 13.8 Å². The highest BCUT2D eigenvalue weighted by Crippen LogP contribution is 2.21. The Kier molecular flexibility index (Phi) is 8.14. The fourth-order valence-electron chi connectivity index (χ4n) is 1.30. The zero-order valence-corrected chi connectivity index (χ0v) is 12.9. The fraction of sp³-hybridized carbons (Fsp3) is 0.500. The maximum atomic E-state index is 5.58. The summed E-state index contributed by atoms with van der Waals surface area (Å²) in [6.07, 6.45) is 0. The average Bonchev–Trinajstić information content (AvgIpc) is 2.18. The van der Waals surface area contributed by atoms with Crippen LogP contribution < -0.4 is 10.1 Å². The standard InChI is InChI=1S/C12H18INO.ClH/c1-4-15-12-6-5-11(13)7-10(12)8-14-9(2)3;/h5-7,9,14H,4,8H2,1-3H3;1H. The molecule has 0 amide bonds. The van der Waals surface area contributed by atoms with Crippen molar-refractivity contribution in [2.45, 2.75) is 33.4 Å². The van der Waals surface area contributed by atoms with E-state index in [0.717, 1.165) is 18.9 Å². The van der Waals surface area contributed by atoms with E-state index in [4.69, 9.17) is 4.74 Å². The lowest BCUT2D eigenvalue weighted by molar-refractivity contribution is 0.335. The molecule has 1 rings (SSSR count). The molecule has 0 aliphatic heterocycles. The minimum absolute atomic E-state index is 0. The molecule has 2 nitrogen and oxygen atoms in total. The molecule has 92 valence electrons. The van der Waals surface area contributed by atoms with Crippen LogP contribution in [0.3, 0.4) is 0 Å². The molecule has 0 saturated carbocycles. The number of hydrogen-bond acceptors (Lipinski definition) is 2. The second-order valence-corrected chi connectivity index (χ2v) is 4.97. The maximum Gasteiger partial charge on any atom is 0.123 e. The van der Waals surface area contributed by atoms with Crippen molar-refractivity contribution < 1.29 is 4.74 Å². The van der Waals surface area contributed by atoms with E-state index in [9.17, 15) is 0 Å². The summed E-state index contributed by atoms with van der Waals surface area (Å²) in [5.41, 5.74) is 1.23. The van der Waals surface area contributed by atoms with E-state index in [2.05, 4.69) is 53.9 Å². The second-order valence-electron chi connectivity index (χ2n) is 3.72. The van der Waals surface area contributed by atoms with Gasteiger partial charge in [0.1, 0.15) is 5.75 Å². The molecule has 0 saturated heterocycles. The van der Waals surface area contributed by atoms with E-state index < -0.39 is 0 Å². The van der Waals surface area contributed by atoms with Crippen LogP contribution in [0.15, 0.2) is 18.2 Å². The number of benzene rings is 1. The van der Waals surface area contributed by atoms with Gasteiger partial charge in [-0.2, -0.15) is 0 Å². The maximum absolute atomic E-state index is 5.58. The van der Waals surface area contributed by atoms with Crippen LogP contribution in [-0.4, -0.2) is 12.6 Å². The molecule has 1 aromatic rings. The van der Waals surface area contributed by atoms with E-state index in [0.29, 0.717) is 6.04 Å². The highest BCUT2D eigenvalue weighted by Gasteiger charge is 2.04. The first-order chi connectivity index (χ1) is 7.13. The van der Waals surface area contributed by atoms with Crippen LogP contribution >= 0.6 is 35.0 Å². The van der Waals surface area contributed by atoms with E-state index in [1.807, 2.05) is 13.0 Å². The van der Waals surface area contributed by atoms with Gasteiger partial charge in [-0.05, 0) is 47.7 Å². The molecular weight excluding hydrogens is 336 g/mol. The highest BCUT2D eigenvalue weighted by atomic mass is 127. The monoisotopic (exact) mass is 355 g/mol. The van der Waals surface area contributed by atoms with Crippen LogP contribution in [0.5, 0.6) is 5.75 Å². The molecule has 0 fully saturated rings. The number of rotatable bonds is 5. The second kappa shape index (κ2) is 8.14. The van der Waals surface area contributed by atoms with Gasteiger partial charge < -0.3 is 10.1 Å². The Morgan fingerprint density at radius 2 is 2.06 bits per heavy atom. The molecule has 0 aromatic heterocycles. The third kappa shape index (κ3) is 5.37. The molecule has 0 atom stereocenters. The quantitative estimate of drug-likeness (QED) is 0.815. The summed E-state index contributed by atoms with van der Waals surface area (Å²) in [7, 11) is 0. The number of halogens is 2. The van der Waals surface area contributed by atoms with Crippen molar-refractivity contribution in [1.29, 1.82) is 0 Å². The van der Waals surface area contributed by atoms with Crippen molar-refractivity contribution >= 4 is 35.0 Å². The minimum Gasteiger partial charge on any atom is -0.494 e. The fourth-order valence-corrected chi connectivity index (χ4v) is 1.85. The van der Waals surface area contributed by atoms with Crippen molar-refractivity contribution in [3.8, 4) is 5.75 Å². The third-order valence-corrected chi connectivity index (χ3v) is 2.69. The highest BCUT2D eigenvalue weighted by molar-refractivity contribution is 14.1. The van der Waals surface area contributed by atoms with E-state index in [1.54, 1.807) is 0 Å². The first kappa shape index (κ1) is 16.0. The van der Waals surface area contributed by atoms with Gasteiger partial charge in [0.15, 0.2) is 0 Å². The molecule has 0 aliphatic carbocycles. The Balaban J connectivity index is 0.00000225. The van der Waals surface area contributed by atoms with Gasteiger partial charge in [0.05, 0.1) is 6.61 Å². The van der Waals surface area contributed by atoms with Gasteiger partial charge in [0, 0.05) is 21.7 Å². The molecule has 0 aliphatic rings. The van der Waals surface area contributed by atoms with E-state index in [1.165, 1.54) is 9.13 Å². The number of ether oxygens (including phenoxy) is 1. The van der Waals surface area contributed by atoms with Crippen LogP contribution in [0.2, 0.25) is 0 Å². The molecule has 16 heavy (non-hydrogen) atoms. The Bertz CT molecular complexity index is 318. The normalized spacial score (nSPS) is 10.1. The van der Waals surface area contributed by atoms with Crippen LogP contribution in [0, 0.1) is 3.57 Å². The van der Waals surface area contributed by atoms with Crippen LogP contribution in [-0.2, 0) is 6.54 Å². The SMILES string of the molecule is CCOc1ccc(I)cc1CNC(C)C.Cl. The summed E-state index contributed by atoms with van der Waals surface area (Å²) in [4.78, 5) is 0. The Morgan fingerprint density at radius 1 is 1.38 bits per heavy atom. The summed E-state index contributed by atoms with van der Waals surface area (Å²) in [5, 5.41) is 3.40. The lowest BCUT2D eigenvalue weighted by Gasteiger charge is -2.13. The lowest BCUT2D eigenvalue weighted by Crippen LogP contribution is -2.22. The molecule has 0 radical (unpaired) electrons. The topological polar surface area (TPSA) is 21.3 Å². The Hall–Kier alpha value is -0.000000000000000111. The van der Waals surface area contributed by atoms with Crippen molar-refractivity contribution in [1.82, 2.24) is 5.32 Å². The first-order valence-corrected chi connectivity index (χ1v) is 6.36. The molecule has 1 aromatic carbocycles. The molecule has 0 heterocycles. The molecule has 0 unspecified atom stereocenters. The van der Waals surface area contributed by atoms with Gasteiger partial charge in [0.2, 0.25) is 0 Å². The predicted molar refractivity (Wildman–Crippen MR) is 79.6 cm³/mol. The molecule has 0 spiro atoms. The lowest BCUT2D eigenvalue weighted by atomic mass is 10.2. The third-order valence-electron chi connectivity index (χ3n) is 2.02. The van der Waals surface area contributed by atoms with E-state index in [-0.39, 0.29) is 12.4 Å². The molecule has 4 heteroatoms. The minimum atomic E-state index is 0. The number of hydrogen-bond donors (Lipinski definition) is 1. The van der Waals surface area contributed by atoms with Gasteiger partial charge in [-0.25, -0.2) is 0 Å². The van der Waals surface area contributed by atoms with Crippen LogP contribution in [0.1, 0.15) is 26.3 Å². The van der Waals surface area contributed by atoms with Gasteiger partial charge >= 0.3 is 0 Å². The smallest absolute Gasteiger partial charge is 0.123 e. The molecule has 1 N–H and O–H groups in total. The van der Waals surface area contributed by atoms with Crippen molar-refractivity contribution in [3.05, 3.63) is 27.3 Å². The van der Waals surface area contributed by atoms with Crippen molar-refractivity contribution in [3.63, 3.8) is 0 Å². The van der Waals surface area contributed by atoms with E-state index >= 15 is 0 Å². The summed E-state index contributed by atoms with van der Waals surface area (Å²) in [5.74, 6) is 0.992. The molecular formula is C12H19ClINO. The van der Waals surface area contributed by atoms with Crippen molar-refractivity contribution in [2.75, 3.05) is 6.61 Å². The largest absolute Gasteiger partial charge is 0.494 e. The summed E-state index contributed by atoms with van der Waals surface area (Å²) >= 11 is 2.32. The molecule has 0 bridgehead atoms. The van der Waals surface area contributed by atoms with Crippen molar-refractivity contribution in [2.24, 2.45) is 0 Å². The number of nitrogens with one attached hydrogen (secondary N) is 1. The van der Waals surface area contributed by atoms with Gasteiger partial charge in [-0.15, -0.1) is 12.4 Å². The predicted octanol–water partition coefficient (Wildman–Crippen LogP) is 3.61. The van der Waals surface area contributed by atoms with Crippen LogP contribution in [0.25, 0.3) is 0 Å². The zero-order valence-electron chi connectivity index (χ0n) is 9.92. The van der Waals surface area contributed by atoms with Gasteiger partial charge in [-0.3, -0.25) is 0 Å². The van der Waals surface area contributed by atoms with Crippen LogP contribution in [0.4, 0.5) is 0 Å². The Morgan fingerprint density at radius 3 is 2.62 bits per heavy atom. The Labute approximate surface area is 118 Å². The van der Waals surface area contributed by atoms with Gasteiger partial charge in [0.25, 0.3) is 0 Å². The average molecular weight is 356 g/mol.